The number of nitrogens with one attached hydrogen (secondary N) is 1. The fourth-order valence-corrected chi connectivity index (χ4v) is 4.47. The molecule has 0 aliphatic carbocycles. The molecule has 2 heterocycles. The highest BCUT2D eigenvalue weighted by Crippen LogP contribution is 2.25. The van der Waals surface area contributed by atoms with Crippen LogP contribution in [0.2, 0.25) is 0 Å². The molecule has 1 saturated heterocycles. The minimum Gasteiger partial charge on any atom is -0.379 e. The van der Waals surface area contributed by atoms with Crippen molar-refractivity contribution in [3.8, 4) is 0 Å². The van der Waals surface area contributed by atoms with E-state index in [2.05, 4.69) is 16.3 Å². The first-order valence-electron chi connectivity index (χ1n) is 8.38. The maximum Gasteiger partial charge on any atom is 0.251 e. The van der Waals surface area contributed by atoms with Crippen molar-refractivity contribution in [1.29, 1.82) is 0 Å². The van der Waals surface area contributed by atoms with E-state index in [-0.39, 0.29) is 16.8 Å². The highest BCUT2D eigenvalue weighted by atomic mass is 32.2. The summed E-state index contributed by atoms with van der Waals surface area (Å²) in [6.07, 6.45) is 1.13. The smallest absolute Gasteiger partial charge is 0.251 e. The molecule has 6 nitrogen and oxygen atoms in total. The average Bonchev–Trinajstić information content (AvgIpc) is 3.16. The fourth-order valence-electron chi connectivity index (χ4n) is 2.94. The van der Waals surface area contributed by atoms with Gasteiger partial charge in [-0.05, 0) is 29.6 Å². The predicted molar refractivity (Wildman–Crippen MR) is 101 cm³/mol. The van der Waals surface area contributed by atoms with E-state index in [0.29, 0.717) is 25.3 Å². The Morgan fingerprint density at radius 2 is 2.04 bits per heavy atom. The number of thiophene rings is 1. The third kappa shape index (κ3) is 4.70. The summed E-state index contributed by atoms with van der Waals surface area (Å²) in [4.78, 5) is 16.2. The van der Waals surface area contributed by atoms with Crippen LogP contribution in [0, 0.1) is 0 Å². The van der Waals surface area contributed by atoms with Crippen molar-refractivity contribution in [2.24, 2.45) is 0 Å². The van der Waals surface area contributed by atoms with E-state index in [1.165, 1.54) is 17.0 Å². The number of ether oxygens (including phenoxy) is 1. The van der Waals surface area contributed by atoms with Crippen molar-refractivity contribution >= 4 is 27.1 Å². The van der Waals surface area contributed by atoms with E-state index in [0.717, 1.165) is 19.3 Å². The summed E-state index contributed by atoms with van der Waals surface area (Å²) in [7, 11) is -3.34. The van der Waals surface area contributed by atoms with E-state index in [9.17, 15) is 13.2 Å². The van der Waals surface area contributed by atoms with E-state index in [1.54, 1.807) is 23.5 Å². The van der Waals surface area contributed by atoms with Gasteiger partial charge in [-0.25, -0.2) is 8.42 Å². The first-order valence-corrected chi connectivity index (χ1v) is 11.2. The molecule has 1 N–H and O–H groups in total. The summed E-state index contributed by atoms with van der Waals surface area (Å²) in [6, 6.07) is 10.3. The van der Waals surface area contributed by atoms with Crippen LogP contribution in [0.4, 0.5) is 0 Å². The molecule has 0 bridgehead atoms. The minimum absolute atomic E-state index is 0.0842. The third-order valence-corrected chi connectivity index (χ3v) is 6.42. The molecule has 2 aromatic rings. The van der Waals surface area contributed by atoms with Gasteiger partial charge in [0.1, 0.15) is 0 Å². The molecule has 8 heteroatoms. The van der Waals surface area contributed by atoms with Crippen LogP contribution in [0.25, 0.3) is 0 Å². The molecule has 1 fully saturated rings. The lowest BCUT2D eigenvalue weighted by molar-refractivity contribution is 0.0169. The summed E-state index contributed by atoms with van der Waals surface area (Å²) in [6.45, 7) is 3.48. The highest BCUT2D eigenvalue weighted by Gasteiger charge is 2.24. The van der Waals surface area contributed by atoms with Gasteiger partial charge >= 0.3 is 0 Å². The van der Waals surface area contributed by atoms with Crippen LogP contribution >= 0.6 is 11.3 Å². The molecule has 0 radical (unpaired) electrons. The van der Waals surface area contributed by atoms with Gasteiger partial charge in [0.2, 0.25) is 0 Å². The van der Waals surface area contributed by atoms with Crippen LogP contribution in [0.1, 0.15) is 21.3 Å². The van der Waals surface area contributed by atoms with Crippen molar-refractivity contribution in [3.63, 3.8) is 0 Å². The number of carbonyl (C=O) groups excluding carboxylic acids is 1. The Morgan fingerprint density at radius 1 is 1.27 bits per heavy atom. The Hall–Kier alpha value is -1.74. The molecule has 1 atom stereocenters. The molecule has 26 heavy (non-hydrogen) atoms. The second-order valence-electron chi connectivity index (χ2n) is 6.19. The minimum atomic E-state index is -3.34. The van der Waals surface area contributed by atoms with Crippen LogP contribution in [0.15, 0.2) is 46.7 Å². The number of sulfone groups is 1. The Balaban J connectivity index is 1.71. The molecule has 3 rings (SSSR count). The summed E-state index contributed by atoms with van der Waals surface area (Å²) in [5, 5.41) is 4.98. The summed E-state index contributed by atoms with van der Waals surface area (Å²) in [5.74, 6) is -0.273. The third-order valence-electron chi connectivity index (χ3n) is 4.34. The molecule has 1 aromatic heterocycles. The molecule has 1 aliphatic heterocycles. The molecular formula is C18H22N2O4S2. The van der Waals surface area contributed by atoms with Crippen LogP contribution < -0.4 is 5.32 Å². The van der Waals surface area contributed by atoms with Crippen LogP contribution in [-0.2, 0) is 14.6 Å². The maximum absolute atomic E-state index is 12.5. The zero-order chi connectivity index (χ0) is 18.6. The first-order chi connectivity index (χ1) is 12.4. The topological polar surface area (TPSA) is 75.7 Å². The number of carbonyl (C=O) groups is 1. The lowest BCUT2D eigenvalue weighted by atomic mass is 10.1. The standard InChI is InChI=1S/C18H22N2O4S2/c1-26(22,23)15-5-2-4-14(12-15)18(21)19-13-16(17-6-3-11-25-17)20-7-9-24-10-8-20/h2-6,11-12,16H,7-10,13H2,1H3,(H,19,21). The zero-order valence-corrected chi connectivity index (χ0v) is 16.2. The van der Waals surface area contributed by atoms with Crippen molar-refractivity contribution in [2.45, 2.75) is 10.9 Å². The molecular weight excluding hydrogens is 372 g/mol. The molecule has 1 aliphatic rings. The number of nitrogens with zero attached hydrogens (tertiary/aromatic N) is 1. The van der Waals surface area contributed by atoms with Crippen molar-refractivity contribution < 1.29 is 17.9 Å². The van der Waals surface area contributed by atoms with Crippen molar-refractivity contribution in [3.05, 3.63) is 52.2 Å². The van der Waals surface area contributed by atoms with Crippen molar-refractivity contribution in [2.75, 3.05) is 39.1 Å². The molecule has 140 valence electrons. The number of benzene rings is 1. The van der Waals surface area contributed by atoms with E-state index >= 15 is 0 Å². The van der Waals surface area contributed by atoms with E-state index < -0.39 is 9.84 Å². The van der Waals surface area contributed by atoms with Gasteiger partial charge in [0, 0.05) is 36.3 Å². The largest absolute Gasteiger partial charge is 0.379 e. The Morgan fingerprint density at radius 3 is 2.69 bits per heavy atom. The second kappa shape index (κ2) is 8.30. The Bertz CT molecular complexity index is 844. The normalized spacial score (nSPS) is 17.0. The van der Waals surface area contributed by atoms with Crippen LogP contribution in [0.3, 0.4) is 0 Å². The van der Waals surface area contributed by atoms with Gasteiger partial charge in [0.05, 0.1) is 24.2 Å². The SMILES string of the molecule is CS(=O)(=O)c1cccc(C(=O)NCC(c2cccs2)N2CCOCC2)c1. The second-order valence-corrected chi connectivity index (χ2v) is 9.18. The lowest BCUT2D eigenvalue weighted by Gasteiger charge is -2.34. The van der Waals surface area contributed by atoms with E-state index in [4.69, 9.17) is 4.74 Å². The monoisotopic (exact) mass is 394 g/mol. The molecule has 0 saturated carbocycles. The maximum atomic E-state index is 12.5. The van der Waals surface area contributed by atoms with Gasteiger partial charge in [-0.15, -0.1) is 11.3 Å². The summed E-state index contributed by atoms with van der Waals surface area (Å²) >= 11 is 1.66. The Labute approximate surface area is 157 Å². The van der Waals surface area contributed by atoms with Gasteiger partial charge in [-0.3, -0.25) is 9.69 Å². The fraction of sp³-hybridized carbons (Fsp3) is 0.389. The van der Waals surface area contributed by atoms with Gasteiger partial charge in [0.15, 0.2) is 9.84 Å². The van der Waals surface area contributed by atoms with Crippen LogP contribution in [0.5, 0.6) is 0 Å². The number of hydrogen-bond acceptors (Lipinski definition) is 6. The first kappa shape index (κ1) is 19.0. The van der Waals surface area contributed by atoms with Gasteiger partial charge < -0.3 is 10.1 Å². The van der Waals surface area contributed by atoms with Gasteiger partial charge in [-0.2, -0.15) is 0 Å². The van der Waals surface area contributed by atoms with E-state index in [1.807, 2.05) is 11.4 Å². The number of amides is 1. The van der Waals surface area contributed by atoms with Crippen LogP contribution in [-0.4, -0.2) is 58.3 Å². The lowest BCUT2D eigenvalue weighted by Crippen LogP contribution is -2.43. The summed E-state index contributed by atoms with van der Waals surface area (Å²) < 4.78 is 28.8. The highest BCUT2D eigenvalue weighted by molar-refractivity contribution is 7.90. The zero-order valence-electron chi connectivity index (χ0n) is 14.6. The molecule has 0 spiro atoms. The van der Waals surface area contributed by atoms with Gasteiger partial charge in [-0.1, -0.05) is 12.1 Å². The summed E-state index contributed by atoms with van der Waals surface area (Å²) in [5.41, 5.74) is 0.347. The predicted octanol–water partition coefficient (Wildman–Crippen LogP) is 1.95. The Kier molecular flexibility index (Phi) is 6.08. The molecule has 1 aromatic carbocycles. The average molecular weight is 395 g/mol. The van der Waals surface area contributed by atoms with Crippen molar-refractivity contribution in [1.82, 2.24) is 10.2 Å². The number of rotatable bonds is 6. The number of hydrogen-bond donors (Lipinski definition) is 1. The quantitative estimate of drug-likeness (QED) is 0.811. The van der Waals surface area contributed by atoms with Gasteiger partial charge in [0.25, 0.3) is 5.91 Å². The molecule has 1 unspecified atom stereocenters. The molecule has 1 amide bonds. The number of morpholine rings is 1.